The predicted octanol–water partition coefficient (Wildman–Crippen LogP) is 0.743. The number of pyridine rings is 1. The van der Waals surface area contributed by atoms with E-state index >= 15 is 0 Å². The number of nitrogens with one attached hydrogen (secondary N) is 1. The van der Waals surface area contributed by atoms with Gasteiger partial charge in [-0.2, -0.15) is 4.31 Å². The van der Waals surface area contributed by atoms with Gasteiger partial charge in [0.15, 0.2) is 5.03 Å². The van der Waals surface area contributed by atoms with Crippen molar-refractivity contribution in [1.29, 1.82) is 0 Å². The Morgan fingerprint density at radius 2 is 2.05 bits per heavy atom. The molecule has 6 nitrogen and oxygen atoms in total. The molecule has 3 heterocycles. The van der Waals surface area contributed by atoms with Crippen LogP contribution in [0.3, 0.4) is 0 Å². The monoisotopic (exact) mass is 311 g/mol. The second kappa shape index (κ2) is 6.00. The quantitative estimate of drug-likeness (QED) is 0.868. The van der Waals surface area contributed by atoms with Crippen molar-refractivity contribution in [3.05, 3.63) is 23.9 Å². The number of fused-ring (bicyclic) bond motifs is 2. The summed E-state index contributed by atoms with van der Waals surface area (Å²) < 4.78 is 32.5. The summed E-state index contributed by atoms with van der Waals surface area (Å²) in [5.74, 6) is 0. The molecule has 2 saturated heterocycles. The van der Waals surface area contributed by atoms with Gasteiger partial charge in [-0.3, -0.25) is 0 Å². The fraction of sp³-hybridized carbons (Fsp3) is 0.643. The number of aromatic nitrogens is 1. The van der Waals surface area contributed by atoms with E-state index in [0.29, 0.717) is 19.6 Å². The molecule has 2 bridgehead atoms. The van der Waals surface area contributed by atoms with Gasteiger partial charge in [-0.25, -0.2) is 13.4 Å². The number of hydrogen-bond acceptors (Lipinski definition) is 5. The molecule has 0 aliphatic carbocycles. The zero-order chi connectivity index (χ0) is 14.9. The Morgan fingerprint density at radius 1 is 1.33 bits per heavy atom. The Bertz CT molecular complexity index is 576. The van der Waals surface area contributed by atoms with Crippen LogP contribution in [0, 0.1) is 0 Å². The normalized spacial score (nSPS) is 26.1. The molecule has 2 unspecified atom stereocenters. The van der Waals surface area contributed by atoms with Gasteiger partial charge in [0.25, 0.3) is 10.0 Å². The molecule has 2 fully saturated rings. The molecule has 2 atom stereocenters. The van der Waals surface area contributed by atoms with Crippen molar-refractivity contribution < 1.29 is 13.2 Å². The van der Waals surface area contributed by atoms with Crippen LogP contribution in [0.5, 0.6) is 0 Å². The van der Waals surface area contributed by atoms with Crippen LogP contribution in [-0.2, 0) is 21.3 Å². The second-order valence-electron chi connectivity index (χ2n) is 5.56. The third-order valence-electron chi connectivity index (χ3n) is 3.99. The Kier molecular flexibility index (Phi) is 4.26. The number of hydrogen-bond donors (Lipinski definition) is 1. The van der Waals surface area contributed by atoms with Crippen LogP contribution in [0.2, 0.25) is 0 Å². The summed E-state index contributed by atoms with van der Waals surface area (Å²) in [4.78, 5) is 4.14. The maximum absolute atomic E-state index is 12.6. The average molecular weight is 311 g/mol. The fourth-order valence-corrected chi connectivity index (χ4v) is 4.26. The molecule has 116 valence electrons. The predicted molar refractivity (Wildman–Crippen MR) is 78.3 cm³/mol. The van der Waals surface area contributed by atoms with Gasteiger partial charge in [0, 0.05) is 25.8 Å². The topological polar surface area (TPSA) is 71.5 Å². The highest BCUT2D eigenvalue weighted by atomic mass is 32.2. The molecule has 0 radical (unpaired) electrons. The van der Waals surface area contributed by atoms with Crippen LogP contribution >= 0.6 is 0 Å². The van der Waals surface area contributed by atoms with Crippen LogP contribution in [0.4, 0.5) is 0 Å². The second-order valence-corrected chi connectivity index (χ2v) is 7.45. The molecule has 0 aromatic carbocycles. The minimum Gasteiger partial charge on any atom is -0.372 e. The largest absolute Gasteiger partial charge is 0.372 e. The van der Waals surface area contributed by atoms with Gasteiger partial charge < -0.3 is 10.1 Å². The molecular formula is C14H21N3O3S. The molecule has 0 amide bonds. The summed E-state index contributed by atoms with van der Waals surface area (Å²) in [5.41, 5.74) is 0.984. The number of nitrogens with zero attached hydrogens (tertiary/aromatic N) is 2. The van der Waals surface area contributed by atoms with Crippen molar-refractivity contribution in [3.63, 3.8) is 0 Å². The molecule has 1 aromatic rings. The van der Waals surface area contributed by atoms with E-state index in [1.807, 2.05) is 13.0 Å². The van der Waals surface area contributed by atoms with Crippen LogP contribution < -0.4 is 5.32 Å². The van der Waals surface area contributed by atoms with E-state index in [2.05, 4.69) is 10.3 Å². The first kappa shape index (κ1) is 14.9. The van der Waals surface area contributed by atoms with Crippen molar-refractivity contribution in [2.24, 2.45) is 0 Å². The lowest BCUT2D eigenvalue weighted by atomic mass is 10.2. The third-order valence-corrected chi connectivity index (χ3v) is 5.74. The van der Waals surface area contributed by atoms with E-state index in [9.17, 15) is 8.42 Å². The molecule has 0 saturated carbocycles. The van der Waals surface area contributed by atoms with Crippen LogP contribution in [0.25, 0.3) is 0 Å². The highest BCUT2D eigenvalue weighted by Gasteiger charge is 2.39. The van der Waals surface area contributed by atoms with Gasteiger partial charge in [0.1, 0.15) is 0 Å². The number of ether oxygens (including phenoxy) is 1. The van der Waals surface area contributed by atoms with Crippen molar-refractivity contribution >= 4 is 10.0 Å². The highest BCUT2D eigenvalue weighted by molar-refractivity contribution is 7.89. The molecule has 1 N–H and O–H groups in total. The van der Waals surface area contributed by atoms with E-state index in [1.54, 1.807) is 12.3 Å². The lowest BCUT2D eigenvalue weighted by molar-refractivity contribution is -0.0115. The van der Waals surface area contributed by atoms with Crippen molar-refractivity contribution in [2.45, 2.75) is 43.5 Å². The van der Waals surface area contributed by atoms with E-state index < -0.39 is 10.0 Å². The first-order chi connectivity index (χ1) is 10.1. The Balaban J connectivity index is 1.75. The van der Waals surface area contributed by atoms with E-state index in [0.717, 1.165) is 24.9 Å². The first-order valence-electron chi connectivity index (χ1n) is 7.41. The molecule has 0 spiro atoms. The van der Waals surface area contributed by atoms with Gasteiger partial charge >= 0.3 is 0 Å². The van der Waals surface area contributed by atoms with E-state index in [4.69, 9.17) is 4.74 Å². The summed E-state index contributed by atoms with van der Waals surface area (Å²) in [7, 11) is -3.50. The molecule has 7 heteroatoms. The number of sulfonamides is 1. The lowest BCUT2D eigenvalue weighted by Gasteiger charge is -2.30. The van der Waals surface area contributed by atoms with Crippen LogP contribution in [-0.4, -0.2) is 49.5 Å². The third kappa shape index (κ3) is 3.11. The molecule has 21 heavy (non-hydrogen) atoms. The van der Waals surface area contributed by atoms with E-state index in [1.165, 1.54) is 4.31 Å². The molecule has 1 aromatic heterocycles. The van der Waals surface area contributed by atoms with Gasteiger partial charge in [-0.1, -0.05) is 13.0 Å². The smallest absolute Gasteiger partial charge is 0.260 e. The Hall–Kier alpha value is -1.02. The van der Waals surface area contributed by atoms with Gasteiger partial charge in [0.05, 0.1) is 12.2 Å². The molecule has 2 aliphatic heterocycles. The molecule has 3 rings (SSSR count). The lowest BCUT2D eigenvalue weighted by Crippen LogP contribution is -2.45. The van der Waals surface area contributed by atoms with Gasteiger partial charge in [-0.05, 0) is 31.0 Å². The highest BCUT2D eigenvalue weighted by Crippen LogP contribution is 2.29. The summed E-state index contributed by atoms with van der Waals surface area (Å²) in [5, 5.41) is 3.32. The van der Waals surface area contributed by atoms with Crippen molar-refractivity contribution in [3.8, 4) is 0 Å². The zero-order valence-electron chi connectivity index (χ0n) is 12.2. The minimum absolute atomic E-state index is 0.0477. The number of morpholine rings is 1. The summed E-state index contributed by atoms with van der Waals surface area (Å²) in [6, 6.07) is 3.41. The zero-order valence-corrected chi connectivity index (χ0v) is 13.0. The Labute approximate surface area is 125 Å². The van der Waals surface area contributed by atoms with E-state index in [-0.39, 0.29) is 17.2 Å². The first-order valence-corrected chi connectivity index (χ1v) is 8.85. The summed E-state index contributed by atoms with van der Waals surface area (Å²) >= 11 is 0. The minimum atomic E-state index is -3.50. The van der Waals surface area contributed by atoms with Gasteiger partial charge in [0.2, 0.25) is 0 Å². The molecular weight excluding hydrogens is 290 g/mol. The Morgan fingerprint density at radius 3 is 2.62 bits per heavy atom. The molecule has 2 aliphatic rings. The maximum Gasteiger partial charge on any atom is 0.260 e. The maximum atomic E-state index is 12.6. The van der Waals surface area contributed by atoms with Gasteiger partial charge in [-0.15, -0.1) is 0 Å². The van der Waals surface area contributed by atoms with Crippen molar-refractivity contribution in [2.75, 3.05) is 19.6 Å². The number of rotatable bonds is 5. The summed E-state index contributed by atoms with van der Waals surface area (Å²) in [6.07, 6.45) is 3.63. The van der Waals surface area contributed by atoms with Crippen molar-refractivity contribution in [1.82, 2.24) is 14.6 Å². The van der Waals surface area contributed by atoms with Crippen LogP contribution in [0.15, 0.2) is 23.4 Å². The van der Waals surface area contributed by atoms with Crippen LogP contribution in [0.1, 0.15) is 25.3 Å². The SMILES string of the molecule is CCNCc1ccc(S(=O)(=O)N2CC3CCC(C2)O3)nc1. The standard InChI is InChI=1S/C14H21N3O3S/c1-2-15-7-11-3-6-14(16-8-11)21(18,19)17-9-12-4-5-13(10-17)20-12/h3,6,8,12-13,15H,2,4-5,7,9-10H2,1H3. The fourth-order valence-electron chi connectivity index (χ4n) is 2.84. The summed E-state index contributed by atoms with van der Waals surface area (Å²) in [6.45, 7) is 4.49. The average Bonchev–Trinajstić information content (AvgIpc) is 2.83.